The minimum absolute atomic E-state index is 0.0535. The third-order valence-electron chi connectivity index (χ3n) is 5.84. The number of carbonyl (C=O) groups excluding carboxylic acids is 2. The number of hydrogen-bond acceptors (Lipinski definition) is 3. The number of aryl methyl sites for hydroxylation is 1. The zero-order valence-electron chi connectivity index (χ0n) is 17.1. The van der Waals surface area contributed by atoms with Gasteiger partial charge >= 0.3 is 0 Å². The van der Waals surface area contributed by atoms with E-state index in [2.05, 4.69) is 10.2 Å². The van der Waals surface area contributed by atoms with Gasteiger partial charge in [-0.25, -0.2) is 0 Å². The monoisotopic (exact) mass is 391 g/mol. The predicted molar refractivity (Wildman–Crippen MR) is 115 cm³/mol. The molecule has 0 spiro atoms. The molecule has 29 heavy (non-hydrogen) atoms. The molecule has 0 radical (unpaired) electrons. The fourth-order valence-electron chi connectivity index (χ4n) is 4.26. The molecular formula is C24H29N3O2. The molecule has 2 aromatic rings. The molecule has 0 aliphatic carbocycles. The molecule has 2 aromatic carbocycles. The van der Waals surface area contributed by atoms with Gasteiger partial charge in [0.15, 0.2) is 0 Å². The Kier molecular flexibility index (Phi) is 5.95. The summed E-state index contributed by atoms with van der Waals surface area (Å²) < 4.78 is 0. The molecule has 0 unspecified atom stereocenters. The van der Waals surface area contributed by atoms with E-state index in [1.165, 1.54) is 24.8 Å². The van der Waals surface area contributed by atoms with Crippen molar-refractivity contribution in [2.45, 2.75) is 45.2 Å². The van der Waals surface area contributed by atoms with E-state index in [9.17, 15) is 9.59 Å². The van der Waals surface area contributed by atoms with E-state index >= 15 is 0 Å². The van der Waals surface area contributed by atoms with Gasteiger partial charge in [-0.2, -0.15) is 0 Å². The highest BCUT2D eigenvalue weighted by Gasteiger charge is 2.31. The fraction of sp³-hybridized carbons (Fsp3) is 0.417. The van der Waals surface area contributed by atoms with Crippen molar-refractivity contribution in [3.63, 3.8) is 0 Å². The number of nitrogens with one attached hydrogen (secondary N) is 1. The predicted octanol–water partition coefficient (Wildman–Crippen LogP) is 3.52. The van der Waals surface area contributed by atoms with Crippen LogP contribution in [0.2, 0.25) is 0 Å². The third-order valence-corrected chi connectivity index (χ3v) is 5.84. The Balaban J connectivity index is 1.34. The zero-order valence-corrected chi connectivity index (χ0v) is 17.1. The third kappa shape index (κ3) is 4.85. The van der Waals surface area contributed by atoms with Crippen LogP contribution >= 0.6 is 0 Å². The Morgan fingerprint density at radius 2 is 1.83 bits per heavy atom. The number of likely N-dealkylation sites (tertiary alicyclic amines) is 1. The number of amides is 2. The number of hydrogen-bond donors (Lipinski definition) is 1. The lowest BCUT2D eigenvalue weighted by Gasteiger charge is -2.26. The number of piperidine rings is 1. The van der Waals surface area contributed by atoms with Crippen LogP contribution in [0.1, 0.15) is 47.2 Å². The topological polar surface area (TPSA) is 52.7 Å². The van der Waals surface area contributed by atoms with E-state index < -0.39 is 0 Å². The maximum Gasteiger partial charge on any atom is 0.251 e. The number of anilines is 1. The lowest BCUT2D eigenvalue weighted by molar-refractivity contribution is -0.117. The van der Waals surface area contributed by atoms with Crippen LogP contribution in [0, 0.1) is 6.92 Å². The summed E-state index contributed by atoms with van der Waals surface area (Å²) in [4.78, 5) is 29.3. The molecule has 2 aliphatic heterocycles. The van der Waals surface area contributed by atoms with Crippen molar-refractivity contribution in [2.75, 3.05) is 24.5 Å². The highest BCUT2D eigenvalue weighted by atomic mass is 16.2. The van der Waals surface area contributed by atoms with Crippen LogP contribution < -0.4 is 10.2 Å². The van der Waals surface area contributed by atoms with E-state index in [-0.39, 0.29) is 17.9 Å². The second-order valence-corrected chi connectivity index (χ2v) is 8.25. The Labute approximate surface area is 172 Å². The summed E-state index contributed by atoms with van der Waals surface area (Å²) in [5, 5.41) is 3.03. The average Bonchev–Trinajstić information content (AvgIpc) is 3.09. The standard InChI is InChI=1S/C24H29N3O2/c1-18-6-5-7-22(14-18)27-17-21(15-23(27)28)25-24(29)20-10-8-19(9-11-20)16-26-12-3-2-4-13-26/h5-11,14,21H,2-4,12-13,15-17H2,1H3,(H,25,29)/t21-/m0/s1. The summed E-state index contributed by atoms with van der Waals surface area (Å²) in [7, 11) is 0. The molecule has 4 rings (SSSR count). The molecule has 5 heteroatoms. The van der Waals surface area contributed by atoms with E-state index in [0.717, 1.165) is 30.9 Å². The van der Waals surface area contributed by atoms with Crippen molar-refractivity contribution in [1.82, 2.24) is 10.2 Å². The normalized spacial score (nSPS) is 20.1. The summed E-state index contributed by atoms with van der Waals surface area (Å²) in [6.07, 6.45) is 4.23. The van der Waals surface area contributed by atoms with Crippen LogP contribution in [-0.4, -0.2) is 42.4 Å². The van der Waals surface area contributed by atoms with Gasteiger partial charge in [0.25, 0.3) is 5.91 Å². The van der Waals surface area contributed by atoms with Crippen LogP contribution in [0.15, 0.2) is 48.5 Å². The minimum Gasteiger partial charge on any atom is -0.347 e. The van der Waals surface area contributed by atoms with Gasteiger partial charge < -0.3 is 10.2 Å². The van der Waals surface area contributed by atoms with Crippen LogP contribution in [0.25, 0.3) is 0 Å². The van der Waals surface area contributed by atoms with Crippen molar-refractivity contribution in [2.24, 2.45) is 0 Å². The van der Waals surface area contributed by atoms with E-state index in [4.69, 9.17) is 0 Å². The Morgan fingerprint density at radius 1 is 1.07 bits per heavy atom. The van der Waals surface area contributed by atoms with Crippen molar-refractivity contribution < 1.29 is 9.59 Å². The molecule has 1 atom stereocenters. The molecule has 2 saturated heterocycles. The lowest BCUT2D eigenvalue weighted by Crippen LogP contribution is -2.37. The first-order valence-corrected chi connectivity index (χ1v) is 10.6. The number of benzene rings is 2. The second-order valence-electron chi connectivity index (χ2n) is 8.25. The van der Waals surface area contributed by atoms with Crippen LogP contribution in [-0.2, 0) is 11.3 Å². The molecule has 2 heterocycles. The Bertz CT molecular complexity index is 872. The largest absolute Gasteiger partial charge is 0.347 e. The molecule has 2 fully saturated rings. The minimum atomic E-state index is -0.163. The molecule has 2 aliphatic rings. The second kappa shape index (κ2) is 8.78. The molecule has 2 amide bonds. The Morgan fingerprint density at radius 3 is 2.55 bits per heavy atom. The van der Waals surface area contributed by atoms with E-state index in [1.807, 2.05) is 55.5 Å². The van der Waals surface area contributed by atoms with Gasteiger partial charge in [0.05, 0.1) is 6.04 Å². The van der Waals surface area contributed by atoms with Crippen molar-refractivity contribution in [1.29, 1.82) is 0 Å². The number of carbonyl (C=O) groups is 2. The summed E-state index contributed by atoms with van der Waals surface area (Å²) >= 11 is 0. The molecule has 0 bridgehead atoms. The molecule has 1 N–H and O–H groups in total. The summed E-state index contributed by atoms with van der Waals surface area (Å²) in [6, 6.07) is 15.6. The van der Waals surface area contributed by atoms with Gasteiger partial charge in [0.1, 0.15) is 0 Å². The van der Waals surface area contributed by atoms with Gasteiger partial charge in [-0.3, -0.25) is 14.5 Å². The van der Waals surface area contributed by atoms with Crippen molar-refractivity contribution in [3.05, 3.63) is 65.2 Å². The van der Waals surface area contributed by atoms with Gasteiger partial charge in [-0.15, -0.1) is 0 Å². The Hall–Kier alpha value is -2.66. The highest BCUT2D eigenvalue weighted by molar-refractivity contribution is 5.99. The number of rotatable bonds is 5. The van der Waals surface area contributed by atoms with E-state index in [0.29, 0.717) is 18.5 Å². The van der Waals surface area contributed by atoms with Gasteiger partial charge in [0, 0.05) is 30.8 Å². The molecular weight excluding hydrogens is 362 g/mol. The maximum atomic E-state index is 12.7. The first kappa shape index (κ1) is 19.6. The molecule has 5 nitrogen and oxygen atoms in total. The first-order valence-electron chi connectivity index (χ1n) is 10.6. The van der Waals surface area contributed by atoms with Crippen LogP contribution in [0.3, 0.4) is 0 Å². The van der Waals surface area contributed by atoms with Gasteiger partial charge in [-0.05, 0) is 68.2 Å². The van der Waals surface area contributed by atoms with Gasteiger partial charge in [-0.1, -0.05) is 30.7 Å². The maximum absolute atomic E-state index is 12.7. The summed E-state index contributed by atoms with van der Waals surface area (Å²) in [5.41, 5.74) is 3.90. The van der Waals surface area contributed by atoms with Gasteiger partial charge in [0.2, 0.25) is 5.91 Å². The molecule has 0 aromatic heterocycles. The molecule has 0 saturated carbocycles. The van der Waals surface area contributed by atoms with Crippen LogP contribution in [0.5, 0.6) is 0 Å². The van der Waals surface area contributed by atoms with E-state index in [1.54, 1.807) is 4.90 Å². The highest BCUT2D eigenvalue weighted by Crippen LogP contribution is 2.23. The average molecular weight is 392 g/mol. The van der Waals surface area contributed by atoms with Crippen molar-refractivity contribution >= 4 is 17.5 Å². The fourth-order valence-corrected chi connectivity index (χ4v) is 4.26. The first-order chi connectivity index (χ1) is 14.1. The van der Waals surface area contributed by atoms with Crippen molar-refractivity contribution in [3.8, 4) is 0 Å². The summed E-state index contributed by atoms with van der Waals surface area (Å²) in [5.74, 6) is -0.0591. The lowest BCUT2D eigenvalue weighted by atomic mass is 10.1. The van der Waals surface area contributed by atoms with Crippen LogP contribution in [0.4, 0.5) is 5.69 Å². The SMILES string of the molecule is Cc1cccc(N2C[C@@H](NC(=O)c3ccc(CN4CCCCC4)cc3)CC2=O)c1. The molecule has 152 valence electrons. The number of nitrogens with zero attached hydrogens (tertiary/aromatic N) is 2. The summed E-state index contributed by atoms with van der Waals surface area (Å²) in [6.45, 7) is 5.80. The smallest absolute Gasteiger partial charge is 0.251 e. The quantitative estimate of drug-likeness (QED) is 0.849. The zero-order chi connectivity index (χ0) is 20.2.